The molecule has 1 aromatic carbocycles. The number of nitrogens with zero attached hydrogens (tertiary/aromatic N) is 4. The number of nitrogens with one attached hydrogen (secondary N) is 1. The molecule has 0 spiro atoms. The summed E-state index contributed by atoms with van der Waals surface area (Å²) in [6.07, 6.45) is -6.13. The fourth-order valence-electron chi connectivity index (χ4n) is 5.34. The van der Waals surface area contributed by atoms with Gasteiger partial charge in [-0.25, -0.2) is 4.79 Å². The number of benzene rings is 1. The summed E-state index contributed by atoms with van der Waals surface area (Å²) in [5.74, 6) is -0.664. The average Bonchev–Trinajstić information content (AvgIpc) is 3.10. The Morgan fingerprint density at radius 1 is 1.02 bits per heavy atom. The molecule has 45 heavy (non-hydrogen) atoms. The summed E-state index contributed by atoms with van der Waals surface area (Å²) >= 11 is 5.50. The number of hydroxylamine groups is 2. The molecule has 16 heteroatoms. The first-order valence-electron chi connectivity index (χ1n) is 15.1. The van der Waals surface area contributed by atoms with Gasteiger partial charge in [0.05, 0.1) is 6.54 Å². The predicted molar refractivity (Wildman–Crippen MR) is 164 cm³/mol. The Labute approximate surface area is 268 Å². The van der Waals surface area contributed by atoms with Crippen LogP contribution in [-0.4, -0.2) is 166 Å². The number of rotatable bonds is 14. The minimum absolute atomic E-state index is 0.000477. The van der Waals surface area contributed by atoms with E-state index in [1.165, 1.54) is 0 Å². The van der Waals surface area contributed by atoms with E-state index in [4.69, 9.17) is 21.8 Å². The first kappa shape index (κ1) is 36.8. The summed E-state index contributed by atoms with van der Waals surface area (Å²) in [6, 6.07) is 7.53. The summed E-state index contributed by atoms with van der Waals surface area (Å²) in [7, 11) is 0. The van der Waals surface area contributed by atoms with Gasteiger partial charge in [-0.3, -0.25) is 9.69 Å². The number of likely N-dealkylation sites (N-methyl/N-ethyl adjacent to an activating group) is 2. The van der Waals surface area contributed by atoms with Gasteiger partial charge in [0.25, 0.3) is 0 Å². The van der Waals surface area contributed by atoms with E-state index in [2.05, 4.69) is 33.8 Å². The van der Waals surface area contributed by atoms with Gasteiger partial charge < -0.3 is 54.7 Å². The van der Waals surface area contributed by atoms with Crippen LogP contribution in [-0.2, 0) is 35.2 Å². The van der Waals surface area contributed by atoms with Gasteiger partial charge in [0.1, 0.15) is 42.2 Å². The Kier molecular flexibility index (Phi) is 15.1. The topological polar surface area (TPSA) is 185 Å². The maximum absolute atomic E-state index is 12.9. The number of aldehydes is 1. The Bertz CT molecular complexity index is 1090. The van der Waals surface area contributed by atoms with Gasteiger partial charge in [0.15, 0.2) is 6.29 Å². The summed E-state index contributed by atoms with van der Waals surface area (Å²) in [5.41, 5.74) is 1.71. The van der Waals surface area contributed by atoms with Crippen LogP contribution in [0.5, 0.6) is 0 Å². The van der Waals surface area contributed by atoms with Crippen molar-refractivity contribution in [2.24, 2.45) is 0 Å². The highest BCUT2D eigenvalue weighted by molar-refractivity contribution is 7.80. The molecule has 252 valence electrons. The highest BCUT2D eigenvalue weighted by atomic mass is 32.1. The number of carbonyl (C=O) groups excluding carboxylic acids is 3. The summed E-state index contributed by atoms with van der Waals surface area (Å²) in [4.78, 5) is 51.3. The normalized spacial score (nSPS) is 27.2. The van der Waals surface area contributed by atoms with Crippen LogP contribution in [0, 0.1) is 0 Å². The molecule has 3 rings (SSSR count). The number of carbonyl (C=O) groups is 3. The number of hydrogen-bond donors (Lipinski definition) is 5. The van der Waals surface area contributed by atoms with Crippen molar-refractivity contribution in [1.29, 1.82) is 0 Å². The van der Waals surface area contributed by atoms with E-state index in [0.717, 1.165) is 38.3 Å². The van der Waals surface area contributed by atoms with Gasteiger partial charge in [-0.2, -0.15) is 0 Å². The van der Waals surface area contributed by atoms with Gasteiger partial charge in [-0.15, -0.1) is 0 Å². The average molecular weight is 656 g/mol. The van der Waals surface area contributed by atoms with Crippen LogP contribution < -0.4 is 5.32 Å². The van der Waals surface area contributed by atoms with Crippen LogP contribution in [0.25, 0.3) is 0 Å². The second-order valence-corrected chi connectivity index (χ2v) is 11.4. The summed E-state index contributed by atoms with van der Waals surface area (Å²) in [5, 5.41) is 43.1. The molecule has 2 unspecified atom stereocenters. The van der Waals surface area contributed by atoms with Crippen LogP contribution in [0.15, 0.2) is 24.3 Å². The number of aliphatic hydroxyl groups excluding tert-OH is 4. The lowest BCUT2D eigenvalue weighted by molar-refractivity contribution is -0.313. The molecule has 2 aliphatic rings. The Balaban J connectivity index is 1.70. The van der Waals surface area contributed by atoms with Crippen LogP contribution in [0.3, 0.4) is 0 Å². The molecular formula is C29H45N5O10S. The van der Waals surface area contributed by atoms with Crippen molar-refractivity contribution in [2.75, 3.05) is 65.4 Å². The van der Waals surface area contributed by atoms with Crippen molar-refractivity contribution in [3.05, 3.63) is 35.4 Å². The molecule has 0 radical (unpaired) electrons. The van der Waals surface area contributed by atoms with Gasteiger partial charge >= 0.3 is 12.4 Å². The van der Waals surface area contributed by atoms with Gasteiger partial charge in [0.2, 0.25) is 0 Å². The molecule has 0 amide bonds. The van der Waals surface area contributed by atoms with Gasteiger partial charge in [-0.1, -0.05) is 50.3 Å². The third kappa shape index (κ3) is 11.0. The fraction of sp³-hybridized carbons (Fsp3) is 0.655. The zero-order chi connectivity index (χ0) is 32.9. The van der Waals surface area contributed by atoms with Crippen molar-refractivity contribution in [3.63, 3.8) is 0 Å². The zero-order valence-corrected chi connectivity index (χ0v) is 26.5. The lowest BCUT2D eigenvalue weighted by Gasteiger charge is -2.38. The maximum atomic E-state index is 12.9. The zero-order valence-electron chi connectivity index (χ0n) is 25.6. The highest BCUT2D eigenvalue weighted by Gasteiger charge is 2.42. The summed E-state index contributed by atoms with van der Waals surface area (Å²) in [6.45, 7) is 9.29. The molecule has 0 saturated carbocycles. The third-order valence-corrected chi connectivity index (χ3v) is 8.45. The Morgan fingerprint density at radius 3 is 2.33 bits per heavy atom. The molecule has 2 heterocycles. The third-order valence-electron chi connectivity index (χ3n) is 8.07. The molecular weight excluding hydrogens is 610 g/mol. The first-order valence-corrected chi connectivity index (χ1v) is 15.5. The van der Waals surface area contributed by atoms with E-state index >= 15 is 0 Å². The van der Waals surface area contributed by atoms with Crippen molar-refractivity contribution in [3.8, 4) is 0 Å². The Morgan fingerprint density at radius 2 is 1.69 bits per heavy atom. The van der Waals surface area contributed by atoms with Crippen LogP contribution in [0.2, 0.25) is 0 Å². The van der Waals surface area contributed by atoms with Crippen molar-refractivity contribution < 1.29 is 49.2 Å². The molecule has 1 aromatic rings. The summed E-state index contributed by atoms with van der Waals surface area (Å²) < 4.78 is 5.20. The molecule has 0 bridgehead atoms. The molecule has 6 atom stereocenters. The first-order chi connectivity index (χ1) is 21.6. The molecule has 2 saturated heterocycles. The highest BCUT2D eigenvalue weighted by Crippen LogP contribution is 2.20. The minimum atomic E-state index is -1.63. The molecule has 15 nitrogen and oxygen atoms in total. The van der Waals surface area contributed by atoms with E-state index in [9.17, 15) is 34.8 Å². The molecule has 0 aliphatic carbocycles. The van der Waals surface area contributed by atoms with E-state index < -0.39 is 43.2 Å². The second kappa shape index (κ2) is 18.5. The number of aliphatic hydroxyl groups is 4. The lowest BCUT2D eigenvalue weighted by atomic mass is 9.99. The van der Waals surface area contributed by atoms with E-state index in [0.29, 0.717) is 41.6 Å². The van der Waals surface area contributed by atoms with E-state index in [1.54, 1.807) is 0 Å². The van der Waals surface area contributed by atoms with Crippen molar-refractivity contribution >= 4 is 35.9 Å². The van der Waals surface area contributed by atoms with E-state index in [-0.39, 0.29) is 25.6 Å². The van der Waals surface area contributed by atoms with E-state index in [1.807, 2.05) is 29.2 Å². The Hall–Kier alpha value is -2.64. The number of ether oxygens (including phenoxy) is 1. The van der Waals surface area contributed by atoms with Crippen LogP contribution in [0.1, 0.15) is 25.0 Å². The fourth-order valence-corrected chi connectivity index (χ4v) is 5.55. The van der Waals surface area contributed by atoms with Crippen molar-refractivity contribution in [1.82, 2.24) is 25.2 Å². The molecule has 2 aliphatic heterocycles. The molecule has 0 aromatic heterocycles. The largest absolute Gasteiger partial charge is 0.388 e. The molecule has 2 fully saturated rings. The maximum Gasteiger partial charge on any atom is 0.343 e. The predicted octanol–water partition coefficient (Wildman–Crippen LogP) is -2.33. The van der Waals surface area contributed by atoms with Gasteiger partial charge in [0, 0.05) is 56.1 Å². The standard InChI is InChI=1S/C29H45N5O10S/c1-3-31-9-10-32(4-2)17-22(33(12-11-31)18-24(37)44-34(13-14-35)42-19-36)15-20-5-7-21(8-6-20)28(45)30-16-23-25(38)26(39)27(40)29(41)43-23/h5-8,14,19,22-23,25-27,29,38-41H,3-4,9-13,15-18H2,1-2H3,(H,30,45)/t22?,23-,25-,26+,27-,29?/m1/s1. The minimum Gasteiger partial charge on any atom is -0.388 e. The van der Waals surface area contributed by atoms with Crippen LogP contribution >= 0.6 is 12.2 Å². The van der Waals surface area contributed by atoms with Crippen molar-refractivity contribution in [2.45, 2.75) is 57.0 Å². The monoisotopic (exact) mass is 655 g/mol. The SMILES string of the molecule is CCN1CCN(CC)CC(Cc2ccc(C(=S)NC[C@H]3OC(O)[C@H](O)[C@@H](O)[C@@H]3O)cc2)N(CC(=O)ON(CC=O)OC=O)CC1. The van der Waals surface area contributed by atoms with Crippen LogP contribution in [0.4, 0.5) is 0 Å². The quantitative estimate of drug-likeness (QED) is 0.0816. The smallest absolute Gasteiger partial charge is 0.343 e. The number of hydrogen-bond acceptors (Lipinski definition) is 15. The number of thiocarbonyl (C=S) groups is 1. The van der Waals surface area contributed by atoms with Gasteiger partial charge in [-0.05, 0) is 25.1 Å². The lowest BCUT2D eigenvalue weighted by Crippen LogP contribution is -2.59. The second-order valence-electron chi connectivity index (χ2n) is 10.9. The molecule has 5 N–H and O–H groups in total.